The number of nitrogens with zero attached hydrogens (tertiary/aromatic N) is 3. The van der Waals surface area contributed by atoms with Crippen molar-refractivity contribution in [2.45, 2.75) is 36.7 Å². The smallest absolute Gasteiger partial charge is 0.273 e. The number of oxime groups is 1. The third-order valence-corrected chi connectivity index (χ3v) is 6.99. The summed E-state index contributed by atoms with van der Waals surface area (Å²) in [4.78, 5) is 22.4. The Labute approximate surface area is 169 Å². The molecule has 1 unspecified atom stereocenters. The van der Waals surface area contributed by atoms with Crippen LogP contribution in [0.1, 0.15) is 24.8 Å². The van der Waals surface area contributed by atoms with Crippen molar-refractivity contribution in [2.24, 2.45) is 5.16 Å². The molecule has 1 aromatic carbocycles. The van der Waals surface area contributed by atoms with Gasteiger partial charge in [-0.25, -0.2) is 8.42 Å². The van der Waals surface area contributed by atoms with Crippen LogP contribution in [0, 0.1) is 6.92 Å². The van der Waals surface area contributed by atoms with E-state index in [2.05, 4.69) is 15.5 Å². The van der Waals surface area contributed by atoms with Gasteiger partial charge in [-0.2, -0.15) is 4.31 Å². The molecule has 1 fully saturated rings. The first-order chi connectivity index (χ1) is 13.9. The van der Waals surface area contributed by atoms with Crippen molar-refractivity contribution < 1.29 is 18.0 Å². The van der Waals surface area contributed by atoms with Crippen molar-refractivity contribution in [3.8, 4) is 0 Å². The van der Waals surface area contributed by atoms with E-state index in [0.717, 1.165) is 5.56 Å². The molecule has 9 heteroatoms. The van der Waals surface area contributed by atoms with Gasteiger partial charge < -0.3 is 10.2 Å². The van der Waals surface area contributed by atoms with Crippen LogP contribution in [-0.4, -0.2) is 48.0 Å². The van der Waals surface area contributed by atoms with Gasteiger partial charge in [0.25, 0.3) is 5.91 Å². The molecule has 2 aliphatic rings. The molecule has 0 saturated carbocycles. The second-order valence-corrected chi connectivity index (χ2v) is 9.38. The average molecular weight is 414 g/mol. The summed E-state index contributed by atoms with van der Waals surface area (Å²) < 4.78 is 27.6. The van der Waals surface area contributed by atoms with Gasteiger partial charge in [0, 0.05) is 19.2 Å². The topological polar surface area (TPSA) is 101 Å². The highest BCUT2D eigenvalue weighted by molar-refractivity contribution is 7.89. The number of aryl methyl sites for hydroxylation is 1. The fourth-order valence-electron chi connectivity index (χ4n) is 3.69. The van der Waals surface area contributed by atoms with Gasteiger partial charge in [-0.1, -0.05) is 17.3 Å². The molecule has 3 heterocycles. The number of sulfonamides is 1. The molecule has 152 valence electrons. The Morgan fingerprint density at radius 3 is 2.90 bits per heavy atom. The molecule has 1 aromatic heterocycles. The molecule has 2 aromatic rings. The molecular weight excluding hydrogens is 392 g/mol. The normalized spacial score (nSPS) is 22.2. The zero-order valence-corrected chi connectivity index (χ0v) is 16.9. The number of carbonyl (C=O) groups is 1. The SMILES string of the molecule is Cc1cccc(S(=O)(=O)N2CCCC3(CC(C(=O)Nc4cccnc4)=NO3)C2)c1. The van der Waals surface area contributed by atoms with E-state index in [1.807, 2.05) is 13.0 Å². The van der Waals surface area contributed by atoms with E-state index in [9.17, 15) is 13.2 Å². The summed E-state index contributed by atoms with van der Waals surface area (Å²) in [6.07, 6.45) is 4.70. The molecule has 0 aliphatic carbocycles. The summed E-state index contributed by atoms with van der Waals surface area (Å²) >= 11 is 0. The number of hydrogen-bond donors (Lipinski definition) is 1. The third kappa shape index (κ3) is 4.01. The summed E-state index contributed by atoms with van der Waals surface area (Å²) in [6, 6.07) is 10.3. The number of amides is 1. The Kier molecular flexibility index (Phi) is 5.10. The van der Waals surface area contributed by atoms with Crippen LogP contribution in [0.25, 0.3) is 0 Å². The van der Waals surface area contributed by atoms with Crippen molar-refractivity contribution in [3.63, 3.8) is 0 Å². The van der Waals surface area contributed by atoms with Gasteiger partial charge in [0.15, 0.2) is 5.60 Å². The first kappa shape index (κ1) is 19.5. The molecule has 8 nitrogen and oxygen atoms in total. The predicted octanol–water partition coefficient (Wildman–Crippen LogP) is 2.33. The maximum Gasteiger partial charge on any atom is 0.273 e. The minimum absolute atomic E-state index is 0.163. The molecule has 1 saturated heterocycles. The molecule has 1 atom stereocenters. The first-order valence-corrected chi connectivity index (χ1v) is 10.9. The van der Waals surface area contributed by atoms with Crippen LogP contribution in [0.2, 0.25) is 0 Å². The Morgan fingerprint density at radius 2 is 2.14 bits per heavy atom. The van der Waals surface area contributed by atoms with Gasteiger partial charge in [-0.3, -0.25) is 9.78 Å². The molecule has 1 spiro atoms. The largest absolute Gasteiger partial charge is 0.387 e. The molecular formula is C20H22N4O4S. The van der Waals surface area contributed by atoms with Gasteiger partial charge in [0.1, 0.15) is 5.71 Å². The molecule has 0 radical (unpaired) electrons. The van der Waals surface area contributed by atoms with Crippen LogP contribution < -0.4 is 5.32 Å². The number of piperidine rings is 1. The lowest BCUT2D eigenvalue weighted by Crippen LogP contribution is -2.50. The highest BCUT2D eigenvalue weighted by Gasteiger charge is 2.47. The summed E-state index contributed by atoms with van der Waals surface area (Å²) in [5.41, 5.74) is 0.890. The maximum atomic E-state index is 13.1. The molecule has 0 bridgehead atoms. The van der Waals surface area contributed by atoms with Crippen molar-refractivity contribution in [1.82, 2.24) is 9.29 Å². The molecule has 1 amide bonds. The number of hydrogen-bond acceptors (Lipinski definition) is 6. The monoisotopic (exact) mass is 414 g/mol. The predicted molar refractivity (Wildman–Crippen MR) is 108 cm³/mol. The Bertz CT molecular complexity index is 1060. The molecule has 2 aliphatic heterocycles. The molecule has 4 rings (SSSR count). The van der Waals surface area contributed by atoms with Gasteiger partial charge in [-0.05, 0) is 49.6 Å². The zero-order valence-electron chi connectivity index (χ0n) is 16.0. The molecule has 1 N–H and O–H groups in total. The fraction of sp³-hybridized carbons (Fsp3) is 0.350. The van der Waals surface area contributed by atoms with Crippen LogP contribution >= 0.6 is 0 Å². The van der Waals surface area contributed by atoms with Crippen LogP contribution in [0.4, 0.5) is 5.69 Å². The summed E-state index contributed by atoms with van der Waals surface area (Å²) in [6.45, 7) is 2.44. The van der Waals surface area contributed by atoms with E-state index in [1.54, 1.807) is 42.7 Å². The average Bonchev–Trinajstić information content (AvgIpc) is 3.12. The van der Waals surface area contributed by atoms with E-state index in [4.69, 9.17) is 4.84 Å². The standard InChI is InChI=1S/C20H22N4O4S/c1-15-5-2-7-17(11-15)29(26,27)24-10-4-8-20(14-24)12-18(23-28-20)19(25)22-16-6-3-9-21-13-16/h2-3,5-7,9,11,13H,4,8,10,12,14H2,1H3,(H,22,25). The van der Waals surface area contributed by atoms with E-state index >= 15 is 0 Å². The van der Waals surface area contributed by atoms with Gasteiger partial charge >= 0.3 is 0 Å². The maximum absolute atomic E-state index is 13.1. The number of aromatic nitrogens is 1. The van der Waals surface area contributed by atoms with E-state index in [0.29, 0.717) is 25.1 Å². The summed E-state index contributed by atoms with van der Waals surface area (Å²) in [7, 11) is -3.64. The zero-order chi connectivity index (χ0) is 20.5. The van der Waals surface area contributed by atoms with Crippen molar-refractivity contribution in [3.05, 3.63) is 54.4 Å². The van der Waals surface area contributed by atoms with Crippen LogP contribution in [0.3, 0.4) is 0 Å². The van der Waals surface area contributed by atoms with Gasteiger partial charge in [0.05, 0.1) is 23.3 Å². The van der Waals surface area contributed by atoms with Gasteiger partial charge in [0.2, 0.25) is 10.0 Å². The van der Waals surface area contributed by atoms with Crippen molar-refractivity contribution >= 4 is 27.3 Å². The first-order valence-electron chi connectivity index (χ1n) is 9.41. The van der Waals surface area contributed by atoms with Crippen molar-refractivity contribution in [1.29, 1.82) is 0 Å². The number of anilines is 1. The number of pyridine rings is 1. The lowest BCUT2D eigenvalue weighted by atomic mass is 9.89. The summed E-state index contributed by atoms with van der Waals surface area (Å²) in [5, 5.41) is 6.71. The van der Waals surface area contributed by atoms with E-state index in [1.165, 1.54) is 4.31 Å². The van der Waals surface area contributed by atoms with Gasteiger partial charge in [-0.15, -0.1) is 0 Å². The highest BCUT2D eigenvalue weighted by Crippen LogP contribution is 2.35. The number of rotatable bonds is 4. The number of nitrogens with one attached hydrogen (secondary N) is 1. The quantitative estimate of drug-likeness (QED) is 0.827. The highest BCUT2D eigenvalue weighted by atomic mass is 32.2. The van der Waals surface area contributed by atoms with E-state index < -0.39 is 15.6 Å². The van der Waals surface area contributed by atoms with Crippen LogP contribution in [0.5, 0.6) is 0 Å². The minimum Gasteiger partial charge on any atom is -0.387 e. The molecule has 29 heavy (non-hydrogen) atoms. The van der Waals surface area contributed by atoms with Crippen LogP contribution in [-0.2, 0) is 19.7 Å². The van der Waals surface area contributed by atoms with E-state index in [-0.39, 0.29) is 29.5 Å². The minimum atomic E-state index is -3.64. The lowest BCUT2D eigenvalue weighted by Gasteiger charge is -2.37. The second kappa shape index (κ2) is 7.57. The number of benzene rings is 1. The Hall–Kier alpha value is -2.78. The fourth-order valence-corrected chi connectivity index (χ4v) is 5.35. The summed E-state index contributed by atoms with van der Waals surface area (Å²) in [5.74, 6) is -0.367. The van der Waals surface area contributed by atoms with Crippen molar-refractivity contribution in [2.75, 3.05) is 18.4 Å². The number of carbonyl (C=O) groups excluding carboxylic acids is 1. The van der Waals surface area contributed by atoms with Crippen LogP contribution in [0.15, 0.2) is 58.8 Å². The third-order valence-electron chi connectivity index (χ3n) is 5.15. The second-order valence-electron chi connectivity index (χ2n) is 7.44. The Balaban J connectivity index is 1.47. The Morgan fingerprint density at radius 1 is 1.28 bits per heavy atom. The lowest BCUT2D eigenvalue weighted by molar-refractivity contribution is -0.110.